The van der Waals surface area contributed by atoms with E-state index in [0.29, 0.717) is 10.3 Å². The van der Waals surface area contributed by atoms with Crippen LogP contribution >= 0.6 is 23.2 Å². The second-order valence-corrected chi connectivity index (χ2v) is 2.06. The van der Waals surface area contributed by atoms with Crippen molar-refractivity contribution < 1.29 is 5.48 Å². The van der Waals surface area contributed by atoms with Gasteiger partial charge in [0, 0.05) is 0 Å². The molecule has 0 fully saturated rings. The maximum Gasteiger partial charge on any atom is 0.130 e. The van der Waals surface area contributed by atoms with Gasteiger partial charge >= 0.3 is 0 Å². The van der Waals surface area contributed by atoms with Crippen LogP contribution in [0.5, 0.6) is 0 Å². The van der Waals surface area contributed by atoms with Crippen molar-refractivity contribution in [3.05, 3.63) is 28.5 Å². The van der Waals surface area contributed by atoms with Gasteiger partial charge in [-0.2, -0.15) is 0 Å². The minimum atomic E-state index is 0. The molecule has 1 rings (SSSR count). The Morgan fingerprint density at radius 2 is 1.56 bits per heavy atom. The average Bonchev–Trinajstić information content (AvgIpc) is 1.64. The van der Waals surface area contributed by atoms with Crippen LogP contribution in [0.4, 0.5) is 0 Å². The Kier molecular flexibility index (Phi) is 3.54. The third-order valence-corrected chi connectivity index (χ3v) is 1.10. The Hall–Kier alpha value is -0.310. The molecule has 1 aromatic heterocycles. The van der Waals surface area contributed by atoms with Crippen LogP contribution in [0.25, 0.3) is 0 Å². The number of hydrogen-bond acceptors (Lipinski definition) is 1. The Bertz CT molecular complexity index is 175. The van der Waals surface area contributed by atoms with Crippen LogP contribution in [0, 0.1) is 0 Å². The zero-order chi connectivity index (χ0) is 5.98. The molecule has 0 saturated heterocycles. The molecule has 0 aliphatic rings. The van der Waals surface area contributed by atoms with Gasteiger partial charge in [-0.15, -0.1) is 0 Å². The van der Waals surface area contributed by atoms with Crippen LogP contribution < -0.4 is 0 Å². The standard InChI is InChI=1S/C5H3Cl2N.H2O/c6-4-2-1-3-5(7)8-4;/h1-3H;1H2. The first-order valence-corrected chi connectivity index (χ1v) is 2.83. The van der Waals surface area contributed by atoms with Gasteiger partial charge < -0.3 is 5.48 Å². The monoisotopic (exact) mass is 165 g/mol. The highest BCUT2D eigenvalue weighted by Crippen LogP contribution is 2.08. The highest BCUT2D eigenvalue weighted by molar-refractivity contribution is 6.32. The van der Waals surface area contributed by atoms with E-state index in [9.17, 15) is 0 Å². The highest BCUT2D eigenvalue weighted by atomic mass is 35.5. The lowest BCUT2D eigenvalue weighted by atomic mass is 10.5. The maximum atomic E-state index is 5.45. The molecule has 2 nitrogen and oxygen atoms in total. The number of halogens is 2. The largest absolute Gasteiger partial charge is 0.412 e. The smallest absolute Gasteiger partial charge is 0.130 e. The predicted molar refractivity (Wildman–Crippen MR) is 37.9 cm³/mol. The SMILES string of the molecule is Clc1cccc(Cl)n1.O. The second kappa shape index (κ2) is 3.67. The van der Waals surface area contributed by atoms with Crippen LogP contribution in [0.1, 0.15) is 0 Å². The van der Waals surface area contributed by atoms with Gasteiger partial charge in [0.2, 0.25) is 0 Å². The van der Waals surface area contributed by atoms with Gasteiger partial charge in [-0.25, -0.2) is 4.98 Å². The topological polar surface area (TPSA) is 44.4 Å². The molecule has 0 spiro atoms. The quantitative estimate of drug-likeness (QED) is 0.539. The molecule has 0 bridgehead atoms. The molecule has 0 aliphatic carbocycles. The lowest BCUT2D eigenvalue weighted by Gasteiger charge is -1.85. The zero-order valence-electron chi connectivity index (χ0n) is 4.44. The van der Waals surface area contributed by atoms with Crippen molar-refractivity contribution in [2.24, 2.45) is 0 Å². The van der Waals surface area contributed by atoms with E-state index in [0.717, 1.165) is 0 Å². The van der Waals surface area contributed by atoms with Gasteiger partial charge in [0.1, 0.15) is 10.3 Å². The van der Waals surface area contributed by atoms with Crippen molar-refractivity contribution in [2.45, 2.75) is 0 Å². The fourth-order valence-corrected chi connectivity index (χ4v) is 0.754. The molecule has 0 radical (unpaired) electrons. The summed E-state index contributed by atoms with van der Waals surface area (Å²) < 4.78 is 0. The van der Waals surface area contributed by atoms with E-state index in [1.165, 1.54) is 0 Å². The number of rotatable bonds is 0. The summed E-state index contributed by atoms with van der Waals surface area (Å²) in [6, 6.07) is 5.10. The molecule has 0 aromatic carbocycles. The molecule has 50 valence electrons. The number of aromatic nitrogens is 1. The molecule has 0 atom stereocenters. The first kappa shape index (κ1) is 8.69. The fraction of sp³-hybridized carbons (Fsp3) is 0. The number of pyridine rings is 1. The van der Waals surface area contributed by atoms with Crippen LogP contribution in [-0.4, -0.2) is 10.5 Å². The summed E-state index contributed by atoms with van der Waals surface area (Å²) in [7, 11) is 0. The van der Waals surface area contributed by atoms with E-state index in [-0.39, 0.29) is 5.48 Å². The average molecular weight is 166 g/mol. The van der Waals surface area contributed by atoms with E-state index < -0.39 is 0 Å². The molecule has 0 saturated carbocycles. The third kappa shape index (κ3) is 2.65. The maximum absolute atomic E-state index is 5.45. The van der Waals surface area contributed by atoms with Crippen LogP contribution in [0.15, 0.2) is 18.2 Å². The predicted octanol–water partition coefficient (Wildman–Crippen LogP) is 1.56. The van der Waals surface area contributed by atoms with E-state index in [1.54, 1.807) is 18.2 Å². The summed E-state index contributed by atoms with van der Waals surface area (Å²) in [6.45, 7) is 0. The van der Waals surface area contributed by atoms with Gasteiger partial charge in [-0.1, -0.05) is 29.3 Å². The van der Waals surface area contributed by atoms with Gasteiger partial charge in [0.25, 0.3) is 0 Å². The van der Waals surface area contributed by atoms with E-state index in [1.807, 2.05) is 0 Å². The molecule has 0 unspecified atom stereocenters. The Labute approximate surface area is 62.7 Å². The summed E-state index contributed by atoms with van der Waals surface area (Å²) in [4.78, 5) is 3.70. The summed E-state index contributed by atoms with van der Waals surface area (Å²) in [5, 5.41) is 0.856. The highest BCUT2D eigenvalue weighted by Gasteiger charge is 1.86. The van der Waals surface area contributed by atoms with Crippen molar-refractivity contribution in [1.29, 1.82) is 0 Å². The summed E-state index contributed by atoms with van der Waals surface area (Å²) in [5.74, 6) is 0. The van der Waals surface area contributed by atoms with E-state index >= 15 is 0 Å². The summed E-state index contributed by atoms with van der Waals surface area (Å²) in [5.41, 5.74) is 0. The Balaban J connectivity index is 0.000000640. The minimum Gasteiger partial charge on any atom is -0.412 e. The fourth-order valence-electron chi connectivity index (χ4n) is 0.383. The zero-order valence-corrected chi connectivity index (χ0v) is 5.95. The van der Waals surface area contributed by atoms with Crippen molar-refractivity contribution in [3.8, 4) is 0 Å². The van der Waals surface area contributed by atoms with Gasteiger partial charge in [0.05, 0.1) is 0 Å². The van der Waals surface area contributed by atoms with Crippen molar-refractivity contribution in [1.82, 2.24) is 4.98 Å². The Morgan fingerprint density at radius 3 is 1.78 bits per heavy atom. The molecule has 0 amide bonds. The first-order chi connectivity index (χ1) is 3.79. The third-order valence-electron chi connectivity index (χ3n) is 0.681. The van der Waals surface area contributed by atoms with Crippen molar-refractivity contribution in [3.63, 3.8) is 0 Å². The normalized spacial score (nSPS) is 8.22. The van der Waals surface area contributed by atoms with Crippen molar-refractivity contribution in [2.75, 3.05) is 0 Å². The van der Waals surface area contributed by atoms with Crippen LogP contribution in [-0.2, 0) is 0 Å². The van der Waals surface area contributed by atoms with Crippen molar-refractivity contribution >= 4 is 23.2 Å². The minimum absolute atomic E-state index is 0. The van der Waals surface area contributed by atoms with Gasteiger partial charge in [-0.3, -0.25) is 0 Å². The Morgan fingerprint density at radius 1 is 1.11 bits per heavy atom. The molecule has 1 heterocycles. The molecule has 1 aromatic rings. The molecule has 9 heavy (non-hydrogen) atoms. The van der Waals surface area contributed by atoms with E-state index in [2.05, 4.69) is 4.98 Å². The first-order valence-electron chi connectivity index (χ1n) is 2.07. The second-order valence-electron chi connectivity index (χ2n) is 1.28. The lowest BCUT2D eigenvalue weighted by Crippen LogP contribution is -1.71. The van der Waals surface area contributed by atoms with E-state index in [4.69, 9.17) is 23.2 Å². The summed E-state index contributed by atoms with van der Waals surface area (Å²) in [6.07, 6.45) is 0. The van der Waals surface area contributed by atoms with Crippen LogP contribution in [0.3, 0.4) is 0 Å². The van der Waals surface area contributed by atoms with Crippen LogP contribution in [0.2, 0.25) is 10.3 Å². The number of nitrogens with zero attached hydrogens (tertiary/aromatic N) is 1. The van der Waals surface area contributed by atoms with Gasteiger partial charge in [0.15, 0.2) is 0 Å². The molecular formula is C5H5Cl2NO. The molecule has 0 aliphatic heterocycles. The number of hydrogen-bond donors (Lipinski definition) is 0. The summed E-state index contributed by atoms with van der Waals surface area (Å²) >= 11 is 10.9. The molecule has 2 N–H and O–H groups in total. The lowest BCUT2D eigenvalue weighted by molar-refractivity contribution is 0.824. The molecule has 4 heteroatoms. The molecular weight excluding hydrogens is 161 g/mol. The van der Waals surface area contributed by atoms with Gasteiger partial charge in [-0.05, 0) is 12.1 Å².